The lowest BCUT2D eigenvalue weighted by Gasteiger charge is -2.17. The molecule has 1 aromatic heterocycles. The summed E-state index contributed by atoms with van der Waals surface area (Å²) in [7, 11) is -3.83. The lowest BCUT2D eigenvalue weighted by molar-refractivity contribution is -0.0528. The van der Waals surface area contributed by atoms with E-state index in [-0.39, 0.29) is 0 Å². The van der Waals surface area contributed by atoms with Gasteiger partial charge in [-0.2, -0.15) is 4.39 Å². The van der Waals surface area contributed by atoms with Crippen molar-refractivity contribution in [3.05, 3.63) is 32.9 Å². The van der Waals surface area contributed by atoms with Gasteiger partial charge in [0.1, 0.15) is 18.3 Å². The molecule has 1 unspecified atom stereocenters. The summed E-state index contributed by atoms with van der Waals surface area (Å²) >= 11 is 0. The van der Waals surface area contributed by atoms with Crippen LogP contribution in [0.2, 0.25) is 0 Å². The Balaban J connectivity index is 0.000000516. The number of hydrogen-bond donors (Lipinski definition) is 4. The first-order chi connectivity index (χ1) is 13.4. The molecule has 1 saturated heterocycles. The van der Waals surface area contributed by atoms with Gasteiger partial charge in [0, 0.05) is 6.66 Å². The van der Waals surface area contributed by atoms with Crippen LogP contribution in [0.3, 0.4) is 0 Å². The van der Waals surface area contributed by atoms with Crippen LogP contribution in [0.5, 0.6) is 0 Å². The second kappa shape index (κ2) is 11.1. The second-order valence-electron chi connectivity index (χ2n) is 6.41. The summed E-state index contributed by atoms with van der Waals surface area (Å²) in [5, 5.41) is 19.7. The zero-order valence-electron chi connectivity index (χ0n) is 16.8. The van der Waals surface area contributed by atoms with Crippen molar-refractivity contribution in [3.8, 4) is 0 Å². The molecule has 0 aromatic carbocycles. The maximum absolute atomic E-state index is 13.2. The van der Waals surface area contributed by atoms with Gasteiger partial charge >= 0.3 is 13.3 Å². The summed E-state index contributed by atoms with van der Waals surface area (Å²) in [5.74, 6) is -1.28. The highest BCUT2D eigenvalue weighted by molar-refractivity contribution is 7.51. The van der Waals surface area contributed by atoms with Crippen molar-refractivity contribution < 1.29 is 33.3 Å². The number of aromatic amines is 1. The SMILES string of the molecule is CCN(CC)CC.CP(=O)(O)OC[C@H]1O[C@@H](n2cc(F)c(=O)[nH]c2=O)[C@H](O)[C@@H]1O. The maximum Gasteiger partial charge on any atom is 0.330 e. The number of aromatic nitrogens is 2. The average Bonchev–Trinajstić information content (AvgIpc) is 2.93. The lowest BCUT2D eigenvalue weighted by atomic mass is 10.1. The van der Waals surface area contributed by atoms with Crippen molar-refractivity contribution in [1.82, 2.24) is 14.5 Å². The summed E-state index contributed by atoms with van der Waals surface area (Å²) in [6.45, 7) is 10.5. The Morgan fingerprint density at radius 3 is 2.24 bits per heavy atom. The van der Waals surface area contributed by atoms with Crippen LogP contribution in [0.25, 0.3) is 0 Å². The number of nitrogens with zero attached hydrogens (tertiary/aromatic N) is 2. The Labute approximate surface area is 167 Å². The van der Waals surface area contributed by atoms with Gasteiger partial charge in [0.15, 0.2) is 6.23 Å². The average molecular weight is 441 g/mol. The highest BCUT2D eigenvalue weighted by atomic mass is 31.2. The van der Waals surface area contributed by atoms with Crippen molar-refractivity contribution >= 4 is 7.60 Å². The molecule has 1 aliphatic heterocycles. The number of aliphatic hydroxyl groups excluding tert-OH is 2. The van der Waals surface area contributed by atoms with Gasteiger partial charge in [-0.05, 0) is 19.6 Å². The largest absolute Gasteiger partial charge is 0.387 e. The van der Waals surface area contributed by atoms with Gasteiger partial charge in [-0.15, -0.1) is 0 Å². The number of nitrogens with one attached hydrogen (secondary N) is 1. The minimum Gasteiger partial charge on any atom is -0.387 e. The normalized spacial score (nSPS) is 26.1. The summed E-state index contributed by atoms with van der Waals surface area (Å²) in [5.41, 5.74) is -2.28. The molecular formula is C16H29FN3O8P. The van der Waals surface area contributed by atoms with Crippen LogP contribution in [-0.4, -0.2) is 80.8 Å². The summed E-state index contributed by atoms with van der Waals surface area (Å²) in [4.78, 5) is 35.6. The molecule has 1 aliphatic rings. The Bertz CT molecular complexity index is 801. The second-order valence-corrected chi connectivity index (χ2v) is 8.27. The number of hydrogen-bond acceptors (Lipinski definition) is 8. The monoisotopic (exact) mass is 441 g/mol. The Morgan fingerprint density at radius 1 is 1.24 bits per heavy atom. The van der Waals surface area contributed by atoms with Gasteiger partial charge in [0.25, 0.3) is 5.56 Å². The van der Waals surface area contributed by atoms with Crippen LogP contribution in [0.1, 0.15) is 27.0 Å². The fourth-order valence-corrected chi connectivity index (χ4v) is 3.05. The molecule has 0 radical (unpaired) electrons. The quantitative estimate of drug-likeness (QED) is 0.409. The Hall–Kier alpha value is -1.40. The highest BCUT2D eigenvalue weighted by Gasteiger charge is 2.44. The summed E-state index contributed by atoms with van der Waals surface area (Å²) in [6, 6.07) is 0. The zero-order valence-corrected chi connectivity index (χ0v) is 17.7. The first-order valence-corrected chi connectivity index (χ1v) is 11.2. The van der Waals surface area contributed by atoms with Crippen molar-refractivity contribution in [2.45, 2.75) is 45.3 Å². The number of ether oxygens (including phenoxy) is 1. The van der Waals surface area contributed by atoms with Gasteiger partial charge in [-0.25, -0.2) is 4.79 Å². The van der Waals surface area contributed by atoms with E-state index in [1.807, 2.05) is 0 Å². The molecule has 5 atom stereocenters. The molecule has 29 heavy (non-hydrogen) atoms. The molecular weight excluding hydrogens is 412 g/mol. The third-order valence-corrected chi connectivity index (χ3v) is 4.98. The molecule has 2 rings (SSSR count). The van der Waals surface area contributed by atoms with Gasteiger partial charge in [-0.3, -0.25) is 18.9 Å². The Kier molecular flexibility index (Phi) is 9.83. The first-order valence-electron chi connectivity index (χ1n) is 9.14. The number of halogens is 1. The van der Waals surface area contributed by atoms with E-state index in [9.17, 15) is 28.8 Å². The summed E-state index contributed by atoms with van der Waals surface area (Å²) in [6.07, 6.45) is -5.36. The van der Waals surface area contributed by atoms with E-state index < -0.39 is 55.8 Å². The molecule has 1 aromatic rings. The van der Waals surface area contributed by atoms with E-state index in [4.69, 9.17) is 9.63 Å². The molecule has 168 valence electrons. The van der Waals surface area contributed by atoms with E-state index in [0.717, 1.165) is 6.66 Å². The molecule has 0 bridgehead atoms. The van der Waals surface area contributed by atoms with Crippen LogP contribution < -0.4 is 11.2 Å². The molecule has 0 saturated carbocycles. The van der Waals surface area contributed by atoms with Gasteiger partial charge in [0.05, 0.1) is 12.8 Å². The number of aliphatic hydroxyl groups is 2. The number of H-pyrrole nitrogens is 1. The molecule has 11 nitrogen and oxygen atoms in total. The standard InChI is InChI=1S/C10H14FN2O8P.C6H15N/c1-22(18,19)20-3-5-6(14)7(15)9(21-5)13-2-4(11)8(16)12-10(13)17;1-4-7(5-2)6-3/h2,5-7,9,14-15H,3H2,1H3,(H,18,19)(H,12,16,17);4-6H2,1-3H3/t5-,6-,7-,9-;/m1./s1. The van der Waals surface area contributed by atoms with Crippen LogP contribution in [0.4, 0.5) is 4.39 Å². The summed E-state index contributed by atoms with van der Waals surface area (Å²) < 4.78 is 34.6. The van der Waals surface area contributed by atoms with E-state index >= 15 is 0 Å². The van der Waals surface area contributed by atoms with Crippen molar-refractivity contribution in [3.63, 3.8) is 0 Å². The van der Waals surface area contributed by atoms with Crippen molar-refractivity contribution in [2.75, 3.05) is 32.9 Å². The van der Waals surface area contributed by atoms with Crippen LogP contribution in [-0.2, 0) is 13.8 Å². The van der Waals surface area contributed by atoms with Crippen molar-refractivity contribution in [1.29, 1.82) is 0 Å². The smallest absolute Gasteiger partial charge is 0.330 e. The van der Waals surface area contributed by atoms with E-state index in [1.54, 1.807) is 4.98 Å². The lowest BCUT2D eigenvalue weighted by Crippen LogP contribution is -2.38. The first kappa shape index (κ1) is 25.6. The minimum atomic E-state index is -3.83. The Morgan fingerprint density at radius 2 is 1.79 bits per heavy atom. The molecule has 4 N–H and O–H groups in total. The fraction of sp³-hybridized carbons (Fsp3) is 0.750. The molecule has 0 spiro atoms. The van der Waals surface area contributed by atoms with E-state index in [0.29, 0.717) is 10.8 Å². The third-order valence-electron chi connectivity index (χ3n) is 4.36. The van der Waals surface area contributed by atoms with E-state index in [2.05, 4.69) is 30.2 Å². The third kappa shape index (κ3) is 7.41. The number of rotatable bonds is 7. The maximum atomic E-state index is 13.2. The van der Waals surface area contributed by atoms with Gasteiger partial charge in [-0.1, -0.05) is 20.8 Å². The fourth-order valence-electron chi connectivity index (χ4n) is 2.63. The molecule has 1 fully saturated rings. The van der Waals surface area contributed by atoms with Crippen LogP contribution >= 0.6 is 7.60 Å². The zero-order chi connectivity index (χ0) is 22.4. The highest BCUT2D eigenvalue weighted by Crippen LogP contribution is 2.38. The topological polar surface area (TPSA) is 154 Å². The van der Waals surface area contributed by atoms with Crippen LogP contribution in [0, 0.1) is 5.82 Å². The van der Waals surface area contributed by atoms with Gasteiger partial charge < -0.3 is 29.3 Å². The van der Waals surface area contributed by atoms with Gasteiger partial charge in [0.2, 0.25) is 5.82 Å². The minimum absolute atomic E-state index is 0.528. The molecule has 0 amide bonds. The predicted molar refractivity (Wildman–Crippen MR) is 102 cm³/mol. The van der Waals surface area contributed by atoms with Crippen LogP contribution in [0.15, 0.2) is 15.8 Å². The van der Waals surface area contributed by atoms with E-state index in [1.165, 1.54) is 19.6 Å². The van der Waals surface area contributed by atoms with Crippen molar-refractivity contribution in [2.24, 2.45) is 0 Å². The molecule has 2 heterocycles. The molecule has 0 aliphatic carbocycles. The predicted octanol–water partition coefficient (Wildman–Crippen LogP) is -0.525. The molecule has 13 heteroatoms.